The van der Waals surface area contributed by atoms with Crippen molar-refractivity contribution in [2.24, 2.45) is 23.7 Å². The summed E-state index contributed by atoms with van der Waals surface area (Å²) in [5.74, 6) is 0.387. The highest BCUT2D eigenvalue weighted by molar-refractivity contribution is 5.40. The van der Waals surface area contributed by atoms with E-state index in [1.165, 1.54) is 18.2 Å². The van der Waals surface area contributed by atoms with E-state index in [1.807, 2.05) is 6.92 Å². The molecule has 4 saturated heterocycles. The molecule has 1 aromatic carbocycles. The second kappa shape index (κ2) is 6.23. The van der Waals surface area contributed by atoms with Crippen LogP contribution in [-0.2, 0) is 19.2 Å². The van der Waals surface area contributed by atoms with Crippen LogP contribution in [0.5, 0.6) is 17.2 Å². The quantitative estimate of drug-likeness (QED) is 0.743. The van der Waals surface area contributed by atoms with Gasteiger partial charge in [-0.25, -0.2) is 9.78 Å². The SMILES string of the molecule is C[C@H]1C(Oc2cc(O)cc(O)c2)OC2OC3(C)CCC4[C@H](C)CCC1[C@@]24OO3. The third kappa shape index (κ3) is 2.64. The Labute approximate surface area is 164 Å². The van der Waals surface area contributed by atoms with E-state index < -0.39 is 24.0 Å². The number of rotatable bonds is 2. The largest absolute Gasteiger partial charge is 0.508 e. The minimum Gasteiger partial charge on any atom is -0.508 e. The topological polar surface area (TPSA) is 86.6 Å². The first-order chi connectivity index (χ1) is 13.3. The summed E-state index contributed by atoms with van der Waals surface area (Å²) in [6, 6.07) is 4.19. The lowest BCUT2D eigenvalue weighted by atomic mass is 9.58. The molecule has 1 saturated carbocycles. The lowest BCUT2D eigenvalue weighted by molar-refractivity contribution is -0.575. The monoisotopic (exact) mass is 392 g/mol. The molecule has 1 spiro atoms. The maximum atomic E-state index is 9.76. The molecule has 7 heteroatoms. The molecule has 7 nitrogen and oxygen atoms in total. The average Bonchev–Trinajstić information content (AvgIpc) is 2.85. The average molecular weight is 392 g/mol. The molecule has 0 amide bonds. The van der Waals surface area contributed by atoms with Gasteiger partial charge in [-0.15, -0.1) is 0 Å². The Bertz CT molecular complexity index is 749. The number of benzene rings is 1. The summed E-state index contributed by atoms with van der Waals surface area (Å²) in [6.45, 7) is 6.26. The van der Waals surface area contributed by atoms with Crippen LogP contribution in [0.15, 0.2) is 18.2 Å². The van der Waals surface area contributed by atoms with Crippen molar-refractivity contribution in [1.82, 2.24) is 0 Å². The second-order valence-corrected chi connectivity index (χ2v) is 9.08. The Kier molecular flexibility index (Phi) is 4.11. The highest BCUT2D eigenvalue weighted by Crippen LogP contribution is 2.60. The maximum Gasteiger partial charge on any atom is 0.205 e. The highest BCUT2D eigenvalue weighted by atomic mass is 17.3. The summed E-state index contributed by atoms with van der Waals surface area (Å²) < 4.78 is 18.7. The molecular formula is C21H28O7. The van der Waals surface area contributed by atoms with Crippen molar-refractivity contribution >= 4 is 0 Å². The summed E-state index contributed by atoms with van der Waals surface area (Å²) in [4.78, 5) is 11.9. The normalized spacial score (nSPS) is 47.2. The van der Waals surface area contributed by atoms with Crippen LogP contribution in [0.4, 0.5) is 0 Å². The molecule has 154 valence electrons. The van der Waals surface area contributed by atoms with Crippen LogP contribution in [0.1, 0.15) is 46.5 Å². The first-order valence-corrected chi connectivity index (χ1v) is 10.2. The zero-order chi connectivity index (χ0) is 19.7. The number of aromatic hydroxyl groups is 2. The van der Waals surface area contributed by atoms with Gasteiger partial charge in [0.1, 0.15) is 17.2 Å². The molecule has 2 bridgehead atoms. The lowest BCUT2D eigenvalue weighted by Crippen LogP contribution is -2.70. The van der Waals surface area contributed by atoms with Gasteiger partial charge in [0.2, 0.25) is 12.1 Å². The zero-order valence-corrected chi connectivity index (χ0v) is 16.5. The molecule has 5 unspecified atom stereocenters. The first-order valence-electron chi connectivity index (χ1n) is 10.2. The summed E-state index contributed by atoms with van der Waals surface area (Å²) in [6.07, 6.45) is 2.67. The number of phenols is 2. The third-order valence-electron chi connectivity index (χ3n) is 7.23. The molecule has 5 fully saturated rings. The fourth-order valence-electron chi connectivity index (χ4n) is 5.78. The molecule has 4 heterocycles. The molecule has 0 aromatic heterocycles. The number of hydrogen-bond donors (Lipinski definition) is 2. The molecule has 5 aliphatic rings. The van der Waals surface area contributed by atoms with Crippen LogP contribution in [0.3, 0.4) is 0 Å². The van der Waals surface area contributed by atoms with Gasteiger partial charge in [-0.3, -0.25) is 0 Å². The van der Waals surface area contributed by atoms with Crippen molar-refractivity contribution in [3.8, 4) is 17.2 Å². The molecule has 8 atom stereocenters. The minimum atomic E-state index is -0.827. The molecule has 2 N–H and O–H groups in total. The molecule has 1 aliphatic carbocycles. The Morgan fingerprint density at radius 1 is 1.00 bits per heavy atom. The molecular weight excluding hydrogens is 364 g/mol. The van der Waals surface area contributed by atoms with Crippen LogP contribution < -0.4 is 4.74 Å². The fraction of sp³-hybridized carbons (Fsp3) is 0.714. The van der Waals surface area contributed by atoms with Gasteiger partial charge in [0, 0.05) is 36.5 Å². The van der Waals surface area contributed by atoms with Crippen molar-refractivity contribution < 1.29 is 34.2 Å². The maximum absolute atomic E-state index is 9.76. The predicted octanol–water partition coefficient (Wildman–Crippen LogP) is 3.68. The van der Waals surface area contributed by atoms with Crippen LogP contribution in [0.25, 0.3) is 0 Å². The van der Waals surface area contributed by atoms with E-state index in [2.05, 4.69) is 13.8 Å². The van der Waals surface area contributed by atoms with Crippen LogP contribution in [0, 0.1) is 23.7 Å². The van der Waals surface area contributed by atoms with E-state index in [0.717, 1.165) is 25.7 Å². The van der Waals surface area contributed by atoms with E-state index in [1.54, 1.807) is 0 Å². The predicted molar refractivity (Wildman–Crippen MR) is 97.2 cm³/mol. The van der Waals surface area contributed by atoms with Gasteiger partial charge in [-0.05, 0) is 38.0 Å². The fourth-order valence-corrected chi connectivity index (χ4v) is 5.78. The molecule has 28 heavy (non-hydrogen) atoms. The standard InChI is InChI=1S/C21H28O7/c1-11-4-5-17-12(2)18(24-15-9-13(22)8-14(23)10-15)25-19-21(17)16(11)6-7-20(3,26-19)27-28-21/h8-12,16-19,22-23H,4-7H2,1-3H3/t11-,12-,16?,17?,18?,19?,20?,21-/m1/s1. The van der Waals surface area contributed by atoms with E-state index in [-0.39, 0.29) is 23.3 Å². The highest BCUT2D eigenvalue weighted by Gasteiger charge is 2.69. The van der Waals surface area contributed by atoms with Gasteiger partial charge in [0.05, 0.1) is 0 Å². The molecule has 1 aromatic rings. The van der Waals surface area contributed by atoms with Gasteiger partial charge in [-0.1, -0.05) is 13.8 Å². The van der Waals surface area contributed by atoms with Crippen LogP contribution in [-0.4, -0.2) is 34.2 Å². The summed E-state index contributed by atoms with van der Waals surface area (Å²) in [7, 11) is 0. The van der Waals surface area contributed by atoms with Gasteiger partial charge < -0.3 is 24.4 Å². The van der Waals surface area contributed by atoms with E-state index in [0.29, 0.717) is 17.6 Å². The van der Waals surface area contributed by atoms with Gasteiger partial charge in [0.25, 0.3) is 0 Å². The van der Waals surface area contributed by atoms with Crippen molar-refractivity contribution in [2.75, 3.05) is 0 Å². The first kappa shape index (κ1) is 18.5. The number of phenolic OH excluding ortho intramolecular Hbond substituents is 2. The summed E-state index contributed by atoms with van der Waals surface area (Å²) in [5.41, 5.74) is -0.631. The molecule has 6 rings (SSSR count). The Morgan fingerprint density at radius 3 is 2.50 bits per heavy atom. The molecule has 4 aliphatic heterocycles. The van der Waals surface area contributed by atoms with Gasteiger partial charge in [0.15, 0.2) is 11.9 Å². The van der Waals surface area contributed by atoms with Crippen molar-refractivity contribution in [3.63, 3.8) is 0 Å². The number of fused-ring (bicyclic) bond motifs is 2. The number of hydrogen-bond acceptors (Lipinski definition) is 7. The van der Waals surface area contributed by atoms with E-state index in [9.17, 15) is 10.2 Å². The lowest BCUT2D eigenvalue weighted by Gasteiger charge is -2.60. The van der Waals surface area contributed by atoms with Crippen molar-refractivity contribution in [2.45, 2.75) is 70.4 Å². The van der Waals surface area contributed by atoms with Crippen LogP contribution >= 0.6 is 0 Å². The minimum absolute atomic E-state index is 0.0189. The van der Waals surface area contributed by atoms with E-state index >= 15 is 0 Å². The van der Waals surface area contributed by atoms with Crippen LogP contribution in [0.2, 0.25) is 0 Å². The smallest absolute Gasteiger partial charge is 0.205 e. The van der Waals surface area contributed by atoms with Gasteiger partial charge in [-0.2, -0.15) is 0 Å². The number of ether oxygens (including phenoxy) is 3. The Morgan fingerprint density at radius 2 is 1.75 bits per heavy atom. The zero-order valence-electron chi connectivity index (χ0n) is 16.5. The van der Waals surface area contributed by atoms with Crippen molar-refractivity contribution in [1.29, 1.82) is 0 Å². The van der Waals surface area contributed by atoms with Gasteiger partial charge >= 0.3 is 0 Å². The second-order valence-electron chi connectivity index (χ2n) is 9.08. The Balaban J connectivity index is 1.49. The van der Waals surface area contributed by atoms with Crippen molar-refractivity contribution in [3.05, 3.63) is 18.2 Å². The third-order valence-corrected chi connectivity index (χ3v) is 7.23. The summed E-state index contributed by atoms with van der Waals surface area (Å²) >= 11 is 0. The molecule has 0 radical (unpaired) electrons. The summed E-state index contributed by atoms with van der Waals surface area (Å²) in [5, 5.41) is 19.5. The van der Waals surface area contributed by atoms with E-state index in [4.69, 9.17) is 24.0 Å². The Hall–Kier alpha value is -1.54.